The van der Waals surface area contributed by atoms with Crippen LogP contribution in [0.3, 0.4) is 0 Å². The molecule has 3 unspecified atom stereocenters. The molecule has 0 bridgehead atoms. The number of carbonyl (C=O) groups is 1. The predicted octanol–water partition coefficient (Wildman–Crippen LogP) is 6.33. The minimum absolute atomic E-state index is 0.0200. The maximum Gasteiger partial charge on any atom is 0.407 e. The van der Waals surface area contributed by atoms with Crippen LogP contribution in [0.2, 0.25) is 0 Å². The SMILES string of the molecule is CN1CCN(CCCN(CC2CNCC(OCc3ccc4ccccc4c3)C2c2ccc(OCCCOCc3ccccc3)cc2)C(=O)O)CC1. The number of amides is 1. The molecule has 4 aromatic rings. The van der Waals surface area contributed by atoms with Gasteiger partial charge in [0.1, 0.15) is 5.75 Å². The summed E-state index contributed by atoms with van der Waals surface area (Å²) < 4.78 is 18.6. The van der Waals surface area contributed by atoms with Crippen molar-refractivity contribution in [1.82, 2.24) is 20.0 Å². The number of rotatable bonds is 17. The van der Waals surface area contributed by atoms with Crippen molar-refractivity contribution in [3.05, 3.63) is 114 Å². The van der Waals surface area contributed by atoms with Crippen molar-refractivity contribution in [1.29, 1.82) is 0 Å². The van der Waals surface area contributed by atoms with Gasteiger partial charge in [-0.3, -0.25) is 0 Å². The Morgan fingerprint density at radius 2 is 1.59 bits per heavy atom. The van der Waals surface area contributed by atoms with E-state index in [2.05, 4.69) is 88.9 Å². The van der Waals surface area contributed by atoms with Gasteiger partial charge in [-0.2, -0.15) is 0 Å². The molecule has 9 heteroatoms. The fraction of sp³-hybridized carbons (Fsp3) is 0.452. The minimum Gasteiger partial charge on any atom is -0.494 e. The molecular formula is C42H54N4O5. The fourth-order valence-corrected chi connectivity index (χ4v) is 7.33. The van der Waals surface area contributed by atoms with E-state index in [1.54, 1.807) is 4.90 Å². The molecule has 272 valence electrons. The Balaban J connectivity index is 1.09. The Labute approximate surface area is 303 Å². The smallest absolute Gasteiger partial charge is 0.407 e. The molecule has 2 heterocycles. The molecule has 2 aliphatic heterocycles. The van der Waals surface area contributed by atoms with Gasteiger partial charge in [-0.05, 0) is 71.6 Å². The first-order chi connectivity index (χ1) is 25.0. The maximum absolute atomic E-state index is 12.6. The molecule has 51 heavy (non-hydrogen) atoms. The van der Waals surface area contributed by atoms with Crippen LogP contribution in [0, 0.1) is 5.92 Å². The second-order valence-corrected chi connectivity index (χ2v) is 14.0. The summed E-state index contributed by atoms with van der Waals surface area (Å²) in [5.74, 6) is 0.886. The van der Waals surface area contributed by atoms with E-state index >= 15 is 0 Å². The first-order valence-electron chi connectivity index (χ1n) is 18.5. The van der Waals surface area contributed by atoms with Gasteiger partial charge in [0, 0.05) is 64.7 Å². The van der Waals surface area contributed by atoms with Crippen LogP contribution in [-0.2, 0) is 22.7 Å². The molecule has 0 saturated carbocycles. The van der Waals surface area contributed by atoms with Crippen molar-refractivity contribution in [3.8, 4) is 5.75 Å². The molecule has 0 radical (unpaired) electrons. The summed E-state index contributed by atoms with van der Waals surface area (Å²) >= 11 is 0. The van der Waals surface area contributed by atoms with E-state index in [4.69, 9.17) is 14.2 Å². The Morgan fingerprint density at radius 3 is 2.37 bits per heavy atom. The van der Waals surface area contributed by atoms with E-state index in [1.807, 2.05) is 30.3 Å². The normalized spacial score (nSPS) is 20.0. The third kappa shape index (κ3) is 11.0. The number of nitrogens with zero attached hydrogens (tertiary/aromatic N) is 3. The maximum atomic E-state index is 12.6. The molecule has 2 N–H and O–H groups in total. The summed E-state index contributed by atoms with van der Waals surface area (Å²) in [4.78, 5) is 19.0. The highest BCUT2D eigenvalue weighted by atomic mass is 16.5. The third-order valence-corrected chi connectivity index (χ3v) is 10.2. The van der Waals surface area contributed by atoms with Gasteiger partial charge in [0.15, 0.2) is 0 Å². The van der Waals surface area contributed by atoms with Gasteiger partial charge < -0.3 is 39.3 Å². The van der Waals surface area contributed by atoms with Crippen LogP contribution < -0.4 is 10.1 Å². The number of hydrogen-bond donors (Lipinski definition) is 2. The summed E-state index contributed by atoms with van der Waals surface area (Å²) in [6, 6.07) is 33.4. The largest absolute Gasteiger partial charge is 0.494 e. The Hall–Kier alpha value is -3.99. The lowest BCUT2D eigenvalue weighted by Gasteiger charge is -2.41. The summed E-state index contributed by atoms with van der Waals surface area (Å²) in [6.07, 6.45) is 0.647. The average Bonchev–Trinajstić information content (AvgIpc) is 3.16. The van der Waals surface area contributed by atoms with Gasteiger partial charge in [-0.25, -0.2) is 4.79 Å². The number of piperidine rings is 1. The van der Waals surface area contributed by atoms with Crippen LogP contribution in [0.4, 0.5) is 4.79 Å². The summed E-state index contributed by atoms with van der Waals surface area (Å²) in [5, 5.41) is 16.3. The third-order valence-electron chi connectivity index (χ3n) is 10.2. The number of nitrogens with one attached hydrogen (secondary N) is 1. The van der Waals surface area contributed by atoms with Gasteiger partial charge >= 0.3 is 6.09 Å². The molecule has 2 fully saturated rings. The number of likely N-dealkylation sites (N-methyl/N-ethyl adjacent to an activating group) is 1. The molecule has 2 aliphatic rings. The predicted molar refractivity (Wildman–Crippen MR) is 202 cm³/mol. The average molecular weight is 695 g/mol. The topological polar surface area (TPSA) is 86.7 Å². The Morgan fingerprint density at radius 1 is 0.824 bits per heavy atom. The summed E-state index contributed by atoms with van der Waals surface area (Å²) in [7, 11) is 2.15. The molecule has 6 rings (SSSR count). The van der Waals surface area contributed by atoms with Crippen LogP contribution in [0.15, 0.2) is 97.1 Å². The van der Waals surface area contributed by atoms with Crippen molar-refractivity contribution in [2.24, 2.45) is 5.92 Å². The lowest BCUT2D eigenvalue weighted by Crippen LogP contribution is -2.51. The summed E-state index contributed by atoms with van der Waals surface area (Å²) in [5.41, 5.74) is 3.44. The lowest BCUT2D eigenvalue weighted by molar-refractivity contribution is -0.0110. The first kappa shape index (κ1) is 36.8. The van der Waals surface area contributed by atoms with Crippen molar-refractivity contribution in [2.75, 3.05) is 79.2 Å². The highest BCUT2D eigenvalue weighted by molar-refractivity contribution is 5.82. The van der Waals surface area contributed by atoms with Crippen LogP contribution in [0.5, 0.6) is 5.75 Å². The molecule has 0 spiro atoms. The number of benzene rings is 4. The molecule has 4 aromatic carbocycles. The quantitative estimate of drug-likeness (QED) is 0.124. The van der Waals surface area contributed by atoms with E-state index in [0.717, 1.165) is 69.0 Å². The fourth-order valence-electron chi connectivity index (χ4n) is 7.33. The molecular weight excluding hydrogens is 640 g/mol. The molecule has 0 aliphatic carbocycles. The van der Waals surface area contributed by atoms with Gasteiger partial charge in [0.2, 0.25) is 0 Å². The highest BCUT2D eigenvalue weighted by Crippen LogP contribution is 2.35. The highest BCUT2D eigenvalue weighted by Gasteiger charge is 2.37. The number of hydrogen-bond acceptors (Lipinski definition) is 7. The van der Waals surface area contributed by atoms with Crippen molar-refractivity contribution in [2.45, 2.75) is 38.1 Å². The molecule has 1 amide bonds. The standard InChI is InChI=1S/C42H54N4O5/c1-44-21-23-45(24-22-44)19-7-20-46(42(47)48)30-38-28-43-29-40(51-32-34-13-14-35-11-5-6-12-37(35)27-34)41(38)36-15-17-39(18-16-36)50-26-8-25-49-31-33-9-3-2-4-10-33/h2-6,9-18,27,38,40-41,43H,7-8,19-26,28-32H2,1H3,(H,47,48). The van der Waals surface area contributed by atoms with Gasteiger partial charge in [0.25, 0.3) is 0 Å². The van der Waals surface area contributed by atoms with Crippen LogP contribution in [-0.4, -0.2) is 111 Å². The van der Waals surface area contributed by atoms with Crippen LogP contribution >= 0.6 is 0 Å². The van der Waals surface area contributed by atoms with Crippen LogP contribution in [0.25, 0.3) is 10.8 Å². The lowest BCUT2D eigenvalue weighted by atomic mass is 9.78. The van der Waals surface area contributed by atoms with E-state index in [-0.39, 0.29) is 17.9 Å². The minimum atomic E-state index is -0.858. The molecule has 2 saturated heterocycles. The monoisotopic (exact) mass is 694 g/mol. The van der Waals surface area contributed by atoms with Crippen molar-refractivity contribution >= 4 is 16.9 Å². The van der Waals surface area contributed by atoms with Gasteiger partial charge in [0.05, 0.1) is 32.5 Å². The molecule has 9 nitrogen and oxygen atoms in total. The first-order valence-corrected chi connectivity index (χ1v) is 18.5. The van der Waals surface area contributed by atoms with E-state index in [0.29, 0.717) is 46.1 Å². The second kappa shape index (κ2) is 19.0. The van der Waals surface area contributed by atoms with Crippen molar-refractivity contribution in [3.63, 3.8) is 0 Å². The second-order valence-electron chi connectivity index (χ2n) is 14.0. The number of fused-ring (bicyclic) bond motifs is 1. The van der Waals surface area contributed by atoms with E-state index in [9.17, 15) is 9.90 Å². The van der Waals surface area contributed by atoms with Crippen molar-refractivity contribution < 1.29 is 24.1 Å². The number of piperazine rings is 1. The number of carboxylic acid groups (broad SMARTS) is 1. The van der Waals surface area contributed by atoms with E-state index in [1.165, 1.54) is 16.3 Å². The Bertz CT molecular complexity index is 1630. The van der Waals surface area contributed by atoms with Gasteiger partial charge in [-0.1, -0.05) is 78.9 Å². The molecule has 3 atom stereocenters. The van der Waals surface area contributed by atoms with E-state index < -0.39 is 6.09 Å². The zero-order valence-electron chi connectivity index (χ0n) is 30.0. The number of ether oxygens (including phenoxy) is 3. The summed E-state index contributed by atoms with van der Waals surface area (Å²) in [6.45, 7) is 9.82. The zero-order valence-corrected chi connectivity index (χ0v) is 30.0. The zero-order chi connectivity index (χ0) is 35.3. The van der Waals surface area contributed by atoms with Crippen LogP contribution in [0.1, 0.15) is 35.4 Å². The Kier molecular flexibility index (Phi) is 13.7. The van der Waals surface area contributed by atoms with Gasteiger partial charge in [-0.15, -0.1) is 0 Å². The molecule has 0 aromatic heterocycles.